The highest BCUT2D eigenvalue weighted by Gasteiger charge is 2.38. The Kier molecular flexibility index (Phi) is 6.77. The van der Waals surface area contributed by atoms with Gasteiger partial charge in [0, 0.05) is 24.9 Å². The van der Waals surface area contributed by atoms with Gasteiger partial charge in [0.15, 0.2) is 6.04 Å². The van der Waals surface area contributed by atoms with Crippen LogP contribution in [0.2, 0.25) is 0 Å². The van der Waals surface area contributed by atoms with Crippen molar-refractivity contribution in [3.63, 3.8) is 0 Å². The van der Waals surface area contributed by atoms with Crippen molar-refractivity contribution < 1.29 is 28.6 Å². The molecule has 1 amide bonds. The second-order valence-corrected chi connectivity index (χ2v) is 8.11. The Labute approximate surface area is 197 Å². The summed E-state index contributed by atoms with van der Waals surface area (Å²) >= 11 is 0. The van der Waals surface area contributed by atoms with E-state index >= 15 is 0 Å². The van der Waals surface area contributed by atoms with E-state index in [2.05, 4.69) is 4.98 Å². The third-order valence-electron chi connectivity index (χ3n) is 5.92. The molecule has 2 heterocycles. The summed E-state index contributed by atoms with van der Waals surface area (Å²) in [4.78, 5) is 42.2. The van der Waals surface area contributed by atoms with Crippen LogP contribution in [0.3, 0.4) is 0 Å². The van der Waals surface area contributed by atoms with Gasteiger partial charge in [0.2, 0.25) is 11.7 Å². The standard InChI is InChI=1S/C26H26N2O6/c1-3-22(29)25(30)28-13-11-17-9-10-19(15-20(17)23(28)26(31)32)33-14-12-21-16(2)34-24(27-21)18-7-5-4-6-8-18/h4-10,15,23H,3,11-14H2,1-2H3,(H,31,32). The summed E-state index contributed by atoms with van der Waals surface area (Å²) < 4.78 is 11.7. The van der Waals surface area contributed by atoms with E-state index in [9.17, 15) is 19.5 Å². The smallest absolute Gasteiger partial charge is 0.331 e. The third-order valence-corrected chi connectivity index (χ3v) is 5.92. The Morgan fingerprint density at radius 3 is 2.65 bits per heavy atom. The Morgan fingerprint density at radius 2 is 1.94 bits per heavy atom. The van der Waals surface area contributed by atoms with Crippen LogP contribution in [-0.4, -0.2) is 45.8 Å². The summed E-state index contributed by atoms with van der Waals surface area (Å²) in [5.41, 5.74) is 2.98. The van der Waals surface area contributed by atoms with Gasteiger partial charge in [-0.1, -0.05) is 31.2 Å². The van der Waals surface area contributed by atoms with E-state index in [-0.39, 0.29) is 13.0 Å². The van der Waals surface area contributed by atoms with Gasteiger partial charge in [-0.3, -0.25) is 9.59 Å². The highest BCUT2D eigenvalue weighted by Crippen LogP contribution is 2.33. The lowest BCUT2D eigenvalue weighted by Crippen LogP contribution is -2.46. The zero-order valence-corrected chi connectivity index (χ0v) is 19.1. The lowest BCUT2D eigenvalue weighted by atomic mass is 9.91. The van der Waals surface area contributed by atoms with E-state index in [1.807, 2.05) is 43.3 Å². The number of ketones is 1. The number of benzene rings is 2. The molecule has 0 bridgehead atoms. The number of fused-ring (bicyclic) bond motifs is 1. The van der Waals surface area contributed by atoms with Crippen molar-refractivity contribution in [1.82, 2.24) is 9.88 Å². The van der Waals surface area contributed by atoms with E-state index < -0.39 is 23.7 Å². The molecule has 0 fully saturated rings. The molecule has 0 spiro atoms. The van der Waals surface area contributed by atoms with Gasteiger partial charge in [-0.15, -0.1) is 0 Å². The van der Waals surface area contributed by atoms with Gasteiger partial charge in [-0.05, 0) is 48.7 Å². The first-order chi connectivity index (χ1) is 16.4. The highest BCUT2D eigenvalue weighted by atomic mass is 16.5. The topological polar surface area (TPSA) is 110 Å². The summed E-state index contributed by atoms with van der Waals surface area (Å²) in [6.45, 7) is 3.94. The molecule has 0 saturated heterocycles. The van der Waals surface area contributed by atoms with Crippen LogP contribution in [0.5, 0.6) is 5.75 Å². The van der Waals surface area contributed by atoms with Crippen molar-refractivity contribution in [3.05, 3.63) is 71.1 Å². The van der Waals surface area contributed by atoms with Gasteiger partial charge in [-0.25, -0.2) is 9.78 Å². The molecule has 1 unspecified atom stereocenters. The lowest BCUT2D eigenvalue weighted by molar-refractivity contribution is -0.154. The molecule has 8 heteroatoms. The number of ether oxygens (including phenoxy) is 1. The second-order valence-electron chi connectivity index (χ2n) is 8.11. The summed E-state index contributed by atoms with van der Waals surface area (Å²) in [6, 6.07) is 13.7. The lowest BCUT2D eigenvalue weighted by Gasteiger charge is -2.34. The summed E-state index contributed by atoms with van der Waals surface area (Å²) in [6.07, 6.45) is 1.02. The minimum absolute atomic E-state index is 0.0329. The van der Waals surface area contributed by atoms with Crippen LogP contribution in [0.25, 0.3) is 11.5 Å². The Balaban J connectivity index is 1.48. The Hall–Kier alpha value is -3.94. The number of oxazole rings is 1. The zero-order chi connectivity index (χ0) is 24.2. The molecule has 0 aliphatic carbocycles. The molecule has 3 aromatic rings. The predicted octanol–water partition coefficient (Wildman–Crippen LogP) is 3.76. The van der Waals surface area contributed by atoms with Crippen LogP contribution in [-0.2, 0) is 27.2 Å². The number of aromatic nitrogens is 1. The average molecular weight is 463 g/mol. The molecule has 1 aliphatic heterocycles. The van der Waals surface area contributed by atoms with Crippen molar-refractivity contribution in [2.24, 2.45) is 0 Å². The number of carbonyl (C=O) groups is 3. The van der Waals surface area contributed by atoms with E-state index in [0.717, 1.165) is 21.7 Å². The van der Waals surface area contributed by atoms with E-state index in [1.54, 1.807) is 19.1 Å². The molecule has 8 nitrogen and oxygen atoms in total. The van der Waals surface area contributed by atoms with Crippen molar-refractivity contribution in [3.8, 4) is 17.2 Å². The fourth-order valence-corrected chi connectivity index (χ4v) is 4.11. The number of rotatable bonds is 8. The Bertz CT molecular complexity index is 1220. The first-order valence-electron chi connectivity index (χ1n) is 11.2. The average Bonchev–Trinajstić information content (AvgIpc) is 3.23. The van der Waals surface area contributed by atoms with Crippen molar-refractivity contribution in [1.29, 1.82) is 0 Å². The van der Waals surface area contributed by atoms with E-state index in [4.69, 9.17) is 9.15 Å². The first kappa shape index (κ1) is 23.2. The maximum Gasteiger partial charge on any atom is 0.331 e. The van der Waals surface area contributed by atoms with Crippen molar-refractivity contribution >= 4 is 17.7 Å². The minimum Gasteiger partial charge on any atom is -0.493 e. The van der Waals surface area contributed by atoms with Gasteiger partial charge in [0.1, 0.15) is 11.5 Å². The number of carbonyl (C=O) groups excluding carboxylic acids is 2. The number of aryl methyl sites for hydroxylation is 1. The molecule has 1 atom stereocenters. The highest BCUT2D eigenvalue weighted by molar-refractivity contribution is 6.36. The molecule has 1 aromatic heterocycles. The molecule has 4 rings (SSSR count). The van der Waals surface area contributed by atoms with Crippen LogP contribution in [0.4, 0.5) is 0 Å². The number of aliphatic carboxylic acids is 1. The maximum atomic E-state index is 12.5. The fraction of sp³-hybridized carbons (Fsp3) is 0.308. The monoisotopic (exact) mass is 462 g/mol. The van der Waals surface area contributed by atoms with Gasteiger partial charge in [0.25, 0.3) is 5.91 Å². The van der Waals surface area contributed by atoms with Crippen LogP contribution < -0.4 is 4.74 Å². The molecular weight excluding hydrogens is 436 g/mol. The van der Waals surface area contributed by atoms with Crippen LogP contribution in [0.15, 0.2) is 52.9 Å². The summed E-state index contributed by atoms with van der Waals surface area (Å²) in [7, 11) is 0. The number of amides is 1. The predicted molar refractivity (Wildman–Crippen MR) is 123 cm³/mol. The van der Waals surface area contributed by atoms with Crippen LogP contribution in [0.1, 0.15) is 42.0 Å². The molecule has 176 valence electrons. The second kappa shape index (κ2) is 9.91. The molecule has 34 heavy (non-hydrogen) atoms. The van der Waals surface area contributed by atoms with E-state index in [0.29, 0.717) is 42.4 Å². The van der Waals surface area contributed by atoms with E-state index in [1.165, 1.54) is 0 Å². The fourth-order valence-electron chi connectivity index (χ4n) is 4.11. The molecule has 0 radical (unpaired) electrons. The largest absolute Gasteiger partial charge is 0.493 e. The van der Waals surface area contributed by atoms with Crippen molar-refractivity contribution in [2.45, 2.75) is 39.2 Å². The zero-order valence-electron chi connectivity index (χ0n) is 19.1. The third kappa shape index (κ3) is 4.71. The van der Waals surface area contributed by atoms with Gasteiger partial charge < -0.3 is 19.2 Å². The van der Waals surface area contributed by atoms with Crippen molar-refractivity contribution in [2.75, 3.05) is 13.2 Å². The number of Topliss-reactive ketones (excluding diaryl/α,β-unsaturated/α-hetero) is 1. The quantitative estimate of drug-likeness (QED) is 0.508. The Morgan fingerprint density at radius 1 is 1.18 bits per heavy atom. The summed E-state index contributed by atoms with van der Waals surface area (Å²) in [5.74, 6) is -0.777. The molecule has 0 saturated carbocycles. The number of hydrogen-bond acceptors (Lipinski definition) is 6. The minimum atomic E-state index is -1.22. The SMILES string of the molecule is CCC(=O)C(=O)N1CCc2ccc(OCCc3nc(-c4ccccc4)oc3C)cc2C1C(=O)O. The van der Waals surface area contributed by atoms with Gasteiger partial charge in [-0.2, -0.15) is 0 Å². The normalized spacial score (nSPS) is 15.0. The number of carboxylic acid groups (broad SMARTS) is 1. The molecular formula is C26H26N2O6. The number of hydrogen-bond donors (Lipinski definition) is 1. The number of carboxylic acids is 1. The molecule has 1 aliphatic rings. The van der Waals surface area contributed by atoms with Crippen LogP contribution >= 0.6 is 0 Å². The maximum absolute atomic E-state index is 12.5. The van der Waals surface area contributed by atoms with Gasteiger partial charge >= 0.3 is 5.97 Å². The van der Waals surface area contributed by atoms with Gasteiger partial charge in [0.05, 0.1) is 12.3 Å². The molecule has 2 aromatic carbocycles. The summed E-state index contributed by atoms with van der Waals surface area (Å²) in [5, 5.41) is 9.84. The number of nitrogens with zero attached hydrogens (tertiary/aromatic N) is 2. The molecule has 1 N–H and O–H groups in total. The first-order valence-corrected chi connectivity index (χ1v) is 11.2. The van der Waals surface area contributed by atoms with Crippen LogP contribution in [0, 0.1) is 6.92 Å².